The highest BCUT2D eigenvalue weighted by molar-refractivity contribution is 5.65. The summed E-state index contributed by atoms with van der Waals surface area (Å²) in [5.74, 6) is 0. The number of anilines is 1. The molecule has 1 fully saturated rings. The van der Waals surface area contributed by atoms with Crippen molar-refractivity contribution >= 4 is 11.4 Å². The average Bonchev–Trinajstić information content (AvgIpc) is 2.46. The van der Waals surface area contributed by atoms with Crippen LogP contribution >= 0.6 is 0 Å². The summed E-state index contributed by atoms with van der Waals surface area (Å²) in [6.07, 6.45) is 2.01. The van der Waals surface area contributed by atoms with Crippen molar-refractivity contribution < 1.29 is 4.92 Å². The van der Waals surface area contributed by atoms with Crippen LogP contribution in [-0.2, 0) is 0 Å². The summed E-state index contributed by atoms with van der Waals surface area (Å²) >= 11 is 0. The van der Waals surface area contributed by atoms with Gasteiger partial charge >= 0.3 is 0 Å². The first-order valence-corrected chi connectivity index (χ1v) is 7.31. The van der Waals surface area contributed by atoms with Gasteiger partial charge in [-0.25, -0.2) is 0 Å². The number of nitro groups is 1. The molecule has 1 aliphatic rings. The molecule has 0 aromatic heterocycles. The zero-order chi connectivity index (χ0) is 14.7. The summed E-state index contributed by atoms with van der Waals surface area (Å²) in [4.78, 5) is 13.3. The Balaban J connectivity index is 2.38. The molecule has 1 aliphatic heterocycles. The molecule has 2 atom stereocenters. The van der Waals surface area contributed by atoms with Gasteiger partial charge in [0.15, 0.2) is 0 Å². The van der Waals surface area contributed by atoms with E-state index in [9.17, 15) is 10.1 Å². The molecule has 0 spiro atoms. The third-order valence-electron chi connectivity index (χ3n) is 4.10. The molecular weight excluding hydrogens is 254 g/mol. The lowest BCUT2D eigenvalue weighted by Crippen LogP contribution is -2.56. The van der Waals surface area contributed by atoms with Crippen LogP contribution in [-0.4, -0.2) is 30.1 Å². The smallest absolute Gasteiger partial charge is 0.292 e. The SMILES string of the molecule is CCC1CN(c2ccc(C)cc2[N+](=O)[O-])C(CC)CN1. The molecule has 0 amide bonds. The molecule has 1 N–H and O–H groups in total. The number of benzene rings is 1. The number of nitrogens with one attached hydrogen (secondary N) is 1. The molecule has 2 rings (SSSR count). The van der Waals surface area contributed by atoms with Crippen LogP contribution in [0.1, 0.15) is 32.3 Å². The van der Waals surface area contributed by atoms with Crippen LogP contribution in [0.15, 0.2) is 18.2 Å². The Hall–Kier alpha value is -1.62. The molecule has 2 unspecified atom stereocenters. The third kappa shape index (κ3) is 2.93. The lowest BCUT2D eigenvalue weighted by atomic mass is 10.0. The van der Waals surface area contributed by atoms with E-state index < -0.39 is 0 Å². The first-order chi connectivity index (χ1) is 9.56. The Bertz CT molecular complexity index is 490. The Morgan fingerprint density at radius 3 is 2.75 bits per heavy atom. The van der Waals surface area contributed by atoms with Crippen LogP contribution in [0.25, 0.3) is 0 Å². The second-order valence-electron chi connectivity index (χ2n) is 5.48. The fourth-order valence-corrected chi connectivity index (χ4v) is 2.82. The van der Waals surface area contributed by atoms with E-state index in [1.807, 2.05) is 19.1 Å². The van der Waals surface area contributed by atoms with Crippen LogP contribution in [0.2, 0.25) is 0 Å². The third-order valence-corrected chi connectivity index (χ3v) is 4.10. The van der Waals surface area contributed by atoms with Crippen molar-refractivity contribution in [1.82, 2.24) is 5.32 Å². The number of aryl methyl sites for hydroxylation is 1. The summed E-state index contributed by atoms with van der Waals surface area (Å²) in [5.41, 5.74) is 1.91. The fourth-order valence-electron chi connectivity index (χ4n) is 2.82. The number of hydrogen-bond donors (Lipinski definition) is 1. The van der Waals surface area contributed by atoms with Crippen LogP contribution in [0.4, 0.5) is 11.4 Å². The van der Waals surface area contributed by atoms with Gasteiger partial charge in [-0.15, -0.1) is 0 Å². The molecule has 0 saturated carbocycles. The molecule has 1 aromatic rings. The first kappa shape index (κ1) is 14.8. The molecular formula is C15H23N3O2. The Morgan fingerprint density at radius 1 is 1.40 bits per heavy atom. The van der Waals surface area contributed by atoms with Gasteiger partial charge in [0.1, 0.15) is 5.69 Å². The predicted molar refractivity (Wildman–Crippen MR) is 81.3 cm³/mol. The molecule has 0 bridgehead atoms. The van der Waals surface area contributed by atoms with Crippen molar-refractivity contribution in [3.8, 4) is 0 Å². The monoisotopic (exact) mass is 277 g/mol. The number of nitro benzene ring substituents is 1. The van der Waals surface area contributed by atoms with Gasteiger partial charge in [-0.1, -0.05) is 19.9 Å². The van der Waals surface area contributed by atoms with Gasteiger partial charge in [-0.05, 0) is 31.4 Å². The fraction of sp³-hybridized carbons (Fsp3) is 0.600. The Morgan fingerprint density at radius 2 is 2.15 bits per heavy atom. The van der Waals surface area contributed by atoms with Gasteiger partial charge in [0.05, 0.1) is 4.92 Å². The normalized spacial score (nSPS) is 22.9. The molecule has 0 aliphatic carbocycles. The largest absolute Gasteiger partial charge is 0.360 e. The summed E-state index contributed by atoms with van der Waals surface area (Å²) in [7, 11) is 0. The second kappa shape index (κ2) is 6.22. The molecule has 110 valence electrons. The average molecular weight is 277 g/mol. The number of piperazine rings is 1. The lowest BCUT2D eigenvalue weighted by Gasteiger charge is -2.41. The maximum atomic E-state index is 11.3. The van der Waals surface area contributed by atoms with Crippen LogP contribution in [0.5, 0.6) is 0 Å². The molecule has 1 aromatic carbocycles. The molecule has 1 saturated heterocycles. The Kier molecular flexibility index (Phi) is 4.60. The van der Waals surface area contributed by atoms with Gasteiger partial charge in [-0.2, -0.15) is 0 Å². The zero-order valence-corrected chi connectivity index (χ0v) is 12.4. The molecule has 5 nitrogen and oxygen atoms in total. The van der Waals surface area contributed by atoms with Crippen molar-refractivity contribution in [1.29, 1.82) is 0 Å². The topological polar surface area (TPSA) is 58.4 Å². The number of hydrogen-bond acceptors (Lipinski definition) is 4. The number of rotatable bonds is 4. The zero-order valence-electron chi connectivity index (χ0n) is 12.4. The van der Waals surface area contributed by atoms with Crippen molar-refractivity contribution in [2.45, 2.75) is 45.7 Å². The molecule has 0 radical (unpaired) electrons. The molecule has 20 heavy (non-hydrogen) atoms. The first-order valence-electron chi connectivity index (χ1n) is 7.31. The van der Waals surface area contributed by atoms with E-state index in [4.69, 9.17) is 0 Å². The van der Waals surface area contributed by atoms with Gasteiger partial charge in [-0.3, -0.25) is 10.1 Å². The van der Waals surface area contributed by atoms with Crippen molar-refractivity contribution in [3.63, 3.8) is 0 Å². The van der Waals surface area contributed by atoms with Crippen LogP contribution in [0.3, 0.4) is 0 Å². The quantitative estimate of drug-likeness (QED) is 0.679. The lowest BCUT2D eigenvalue weighted by molar-refractivity contribution is -0.384. The number of nitrogens with zero attached hydrogens (tertiary/aromatic N) is 2. The maximum Gasteiger partial charge on any atom is 0.292 e. The van der Waals surface area contributed by atoms with Gasteiger partial charge < -0.3 is 10.2 Å². The summed E-state index contributed by atoms with van der Waals surface area (Å²) in [6.45, 7) is 7.89. The minimum Gasteiger partial charge on any atom is -0.360 e. The van der Waals surface area contributed by atoms with E-state index in [0.717, 1.165) is 37.2 Å². The Labute approximate surface area is 120 Å². The second-order valence-corrected chi connectivity index (χ2v) is 5.48. The highest BCUT2D eigenvalue weighted by Gasteiger charge is 2.30. The van der Waals surface area contributed by atoms with Crippen LogP contribution in [0, 0.1) is 17.0 Å². The van der Waals surface area contributed by atoms with Gasteiger partial charge in [0.2, 0.25) is 0 Å². The van der Waals surface area contributed by atoms with E-state index in [1.165, 1.54) is 0 Å². The van der Waals surface area contributed by atoms with E-state index in [-0.39, 0.29) is 10.6 Å². The predicted octanol–water partition coefficient (Wildman–Crippen LogP) is 2.87. The van der Waals surface area contributed by atoms with Gasteiger partial charge in [0, 0.05) is 31.2 Å². The maximum absolute atomic E-state index is 11.3. The van der Waals surface area contributed by atoms with E-state index in [2.05, 4.69) is 24.1 Å². The van der Waals surface area contributed by atoms with Crippen molar-refractivity contribution in [2.75, 3.05) is 18.0 Å². The van der Waals surface area contributed by atoms with Crippen molar-refractivity contribution in [2.24, 2.45) is 0 Å². The van der Waals surface area contributed by atoms with E-state index in [0.29, 0.717) is 12.1 Å². The molecule has 5 heteroatoms. The van der Waals surface area contributed by atoms with Crippen LogP contribution < -0.4 is 10.2 Å². The van der Waals surface area contributed by atoms with E-state index >= 15 is 0 Å². The van der Waals surface area contributed by atoms with E-state index in [1.54, 1.807) is 6.07 Å². The minimum absolute atomic E-state index is 0.222. The van der Waals surface area contributed by atoms with Crippen molar-refractivity contribution in [3.05, 3.63) is 33.9 Å². The highest BCUT2D eigenvalue weighted by Crippen LogP contribution is 2.32. The summed E-state index contributed by atoms with van der Waals surface area (Å²) in [5, 5.41) is 14.8. The standard InChI is InChI=1S/C15H23N3O2/c1-4-12-10-17(13(5-2)9-16-12)14-7-6-11(3)8-15(14)18(19)20/h6-8,12-13,16H,4-5,9-10H2,1-3H3. The molecule has 1 heterocycles. The summed E-state index contributed by atoms with van der Waals surface area (Å²) in [6, 6.07) is 6.25. The van der Waals surface area contributed by atoms with Gasteiger partial charge in [0.25, 0.3) is 5.69 Å². The highest BCUT2D eigenvalue weighted by atomic mass is 16.6. The minimum atomic E-state index is -0.266. The summed E-state index contributed by atoms with van der Waals surface area (Å²) < 4.78 is 0.